The van der Waals surface area contributed by atoms with Crippen LogP contribution in [0, 0.1) is 11.7 Å². The Morgan fingerprint density at radius 1 is 1.04 bits per heavy atom. The van der Waals surface area contributed by atoms with E-state index in [2.05, 4.69) is 9.97 Å². The summed E-state index contributed by atoms with van der Waals surface area (Å²) in [5.41, 5.74) is 1.05. The van der Waals surface area contributed by atoms with Crippen LogP contribution in [0.2, 0.25) is 0 Å². The monoisotopic (exact) mass is 326 g/mol. The van der Waals surface area contributed by atoms with Crippen molar-refractivity contribution >= 4 is 11.7 Å². The molecule has 1 saturated carbocycles. The van der Waals surface area contributed by atoms with Gasteiger partial charge in [0.15, 0.2) is 11.6 Å². The fourth-order valence-electron chi connectivity index (χ4n) is 3.11. The maximum absolute atomic E-state index is 14.9. The van der Waals surface area contributed by atoms with Crippen LogP contribution in [0.25, 0.3) is 11.3 Å². The smallest absolute Gasteiger partial charge is 0.225 e. The van der Waals surface area contributed by atoms with E-state index in [0.29, 0.717) is 37.7 Å². The maximum atomic E-state index is 14.9. The third-order valence-corrected chi connectivity index (χ3v) is 4.64. The summed E-state index contributed by atoms with van der Waals surface area (Å²) in [7, 11) is 0. The number of carbonyl (C=O) groups excluding carboxylic acids is 1. The van der Waals surface area contributed by atoms with Crippen LogP contribution < -0.4 is 4.90 Å². The number of hydrogen-bond donors (Lipinski definition) is 0. The first-order valence-corrected chi connectivity index (χ1v) is 8.33. The van der Waals surface area contributed by atoms with Crippen molar-refractivity contribution in [1.82, 2.24) is 14.9 Å². The van der Waals surface area contributed by atoms with Gasteiger partial charge in [0.1, 0.15) is 12.0 Å². The van der Waals surface area contributed by atoms with Crippen LogP contribution in [0.5, 0.6) is 0 Å². The summed E-state index contributed by atoms with van der Waals surface area (Å²) in [4.78, 5) is 24.2. The van der Waals surface area contributed by atoms with Gasteiger partial charge in [0.2, 0.25) is 5.91 Å². The molecule has 0 bridgehead atoms. The number of nitrogens with zero attached hydrogens (tertiary/aromatic N) is 4. The van der Waals surface area contributed by atoms with Gasteiger partial charge in [0.05, 0.1) is 0 Å². The van der Waals surface area contributed by atoms with Gasteiger partial charge < -0.3 is 9.80 Å². The molecule has 0 atom stereocenters. The van der Waals surface area contributed by atoms with Gasteiger partial charge in [-0.3, -0.25) is 4.79 Å². The second-order valence-corrected chi connectivity index (χ2v) is 6.31. The van der Waals surface area contributed by atoms with E-state index < -0.39 is 5.82 Å². The van der Waals surface area contributed by atoms with Gasteiger partial charge in [0.25, 0.3) is 0 Å². The average molecular weight is 326 g/mol. The van der Waals surface area contributed by atoms with Crippen LogP contribution in [0.1, 0.15) is 12.8 Å². The SMILES string of the molecule is O=C(C1CC1)N1CCN(c2ncnc(-c3ccccc3)c2F)CC1. The van der Waals surface area contributed by atoms with E-state index in [-0.39, 0.29) is 11.8 Å². The van der Waals surface area contributed by atoms with Crippen molar-refractivity contribution < 1.29 is 9.18 Å². The third kappa shape index (κ3) is 2.84. The average Bonchev–Trinajstić information content (AvgIpc) is 3.47. The van der Waals surface area contributed by atoms with Crippen molar-refractivity contribution in [3.05, 3.63) is 42.5 Å². The van der Waals surface area contributed by atoms with Crippen LogP contribution in [-0.4, -0.2) is 47.0 Å². The van der Waals surface area contributed by atoms with Crippen molar-refractivity contribution in [2.45, 2.75) is 12.8 Å². The van der Waals surface area contributed by atoms with Crippen molar-refractivity contribution in [1.29, 1.82) is 0 Å². The van der Waals surface area contributed by atoms with Crippen molar-refractivity contribution in [2.75, 3.05) is 31.1 Å². The molecule has 1 aliphatic carbocycles. The molecule has 24 heavy (non-hydrogen) atoms. The second-order valence-electron chi connectivity index (χ2n) is 6.31. The van der Waals surface area contributed by atoms with E-state index in [0.717, 1.165) is 18.4 Å². The lowest BCUT2D eigenvalue weighted by Crippen LogP contribution is -2.49. The first-order chi connectivity index (χ1) is 11.7. The molecule has 0 N–H and O–H groups in total. The molecule has 1 aromatic heterocycles. The quantitative estimate of drug-likeness (QED) is 0.869. The number of piperazine rings is 1. The lowest BCUT2D eigenvalue weighted by molar-refractivity contribution is -0.132. The Bertz CT molecular complexity index is 740. The molecule has 0 unspecified atom stereocenters. The molecule has 1 aromatic carbocycles. The Kier molecular flexibility index (Phi) is 3.88. The summed E-state index contributed by atoms with van der Waals surface area (Å²) in [6, 6.07) is 9.28. The number of halogens is 1. The van der Waals surface area contributed by atoms with Crippen molar-refractivity contribution in [3.8, 4) is 11.3 Å². The Hall–Kier alpha value is -2.50. The van der Waals surface area contributed by atoms with Crippen LogP contribution in [-0.2, 0) is 4.79 Å². The Morgan fingerprint density at radius 2 is 1.75 bits per heavy atom. The number of benzene rings is 1. The fourth-order valence-corrected chi connectivity index (χ4v) is 3.11. The number of anilines is 1. The molecule has 0 spiro atoms. The summed E-state index contributed by atoms with van der Waals surface area (Å²) in [6.45, 7) is 2.44. The van der Waals surface area contributed by atoms with Crippen LogP contribution >= 0.6 is 0 Å². The number of hydrogen-bond acceptors (Lipinski definition) is 4. The number of aromatic nitrogens is 2. The summed E-state index contributed by atoms with van der Waals surface area (Å²) in [5, 5.41) is 0. The van der Waals surface area contributed by atoms with E-state index in [1.54, 1.807) is 0 Å². The van der Waals surface area contributed by atoms with Gasteiger partial charge in [0, 0.05) is 37.7 Å². The van der Waals surface area contributed by atoms with E-state index in [4.69, 9.17) is 0 Å². The molecule has 1 aliphatic heterocycles. The van der Waals surface area contributed by atoms with Gasteiger partial charge in [-0.05, 0) is 12.8 Å². The molecule has 2 aliphatic rings. The predicted molar refractivity (Wildman–Crippen MR) is 88.9 cm³/mol. The van der Waals surface area contributed by atoms with E-state index >= 15 is 0 Å². The number of carbonyl (C=O) groups is 1. The van der Waals surface area contributed by atoms with Crippen LogP contribution in [0.3, 0.4) is 0 Å². The Morgan fingerprint density at radius 3 is 2.42 bits per heavy atom. The van der Waals surface area contributed by atoms with E-state index in [1.165, 1.54) is 6.33 Å². The van der Waals surface area contributed by atoms with Gasteiger partial charge in [-0.1, -0.05) is 30.3 Å². The zero-order valence-electron chi connectivity index (χ0n) is 13.4. The number of rotatable bonds is 3. The van der Waals surface area contributed by atoms with Gasteiger partial charge >= 0.3 is 0 Å². The normalized spacial score (nSPS) is 17.9. The highest BCUT2D eigenvalue weighted by molar-refractivity contribution is 5.81. The highest BCUT2D eigenvalue weighted by Gasteiger charge is 2.35. The van der Waals surface area contributed by atoms with Crippen molar-refractivity contribution in [2.24, 2.45) is 5.92 Å². The molecule has 2 aromatic rings. The zero-order valence-corrected chi connectivity index (χ0v) is 13.4. The number of amides is 1. The topological polar surface area (TPSA) is 49.3 Å². The highest BCUT2D eigenvalue weighted by Crippen LogP contribution is 2.32. The van der Waals surface area contributed by atoms with Crippen molar-refractivity contribution in [3.63, 3.8) is 0 Å². The predicted octanol–water partition coefficient (Wildman–Crippen LogP) is 2.34. The Labute approximate surface area is 140 Å². The summed E-state index contributed by atoms with van der Waals surface area (Å²) in [5.74, 6) is 0.410. The summed E-state index contributed by atoms with van der Waals surface area (Å²) < 4.78 is 14.9. The molecule has 1 amide bonds. The van der Waals surface area contributed by atoms with Gasteiger partial charge in [-0.25, -0.2) is 14.4 Å². The molecule has 124 valence electrons. The lowest BCUT2D eigenvalue weighted by atomic mass is 10.1. The summed E-state index contributed by atoms with van der Waals surface area (Å²) in [6.07, 6.45) is 3.43. The molecule has 0 radical (unpaired) electrons. The maximum Gasteiger partial charge on any atom is 0.225 e. The van der Waals surface area contributed by atoms with Crippen LogP contribution in [0.4, 0.5) is 10.2 Å². The first kappa shape index (κ1) is 15.1. The standard InChI is InChI=1S/C18H19FN4O/c19-15-16(13-4-2-1-3-5-13)20-12-21-17(15)22-8-10-23(11-9-22)18(24)14-6-7-14/h1-5,12,14H,6-11H2. The van der Waals surface area contributed by atoms with Gasteiger partial charge in [-0.2, -0.15) is 0 Å². The minimum absolute atomic E-state index is 0.233. The van der Waals surface area contributed by atoms with Crippen LogP contribution in [0.15, 0.2) is 36.7 Å². The van der Waals surface area contributed by atoms with Gasteiger partial charge in [-0.15, -0.1) is 0 Å². The minimum atomic E-state index is -0.398. The lowest BCUT2D eigenvalue weighted by Gasteiger charge is -2.35. The molecule has 4 rings (SSSR count). The third-order valence-electron chi connectivity index (χ3n) is 4.64. The largest absolute Gasteiger partial charge is 0.351 e. The van der Waals surface area contributed by atoms with E-state index in [1.807, 2.05) is 40.1 Å². The minimum Gasteiger partial charge on any atom is -0.351 e. The highest BCUT2D eigenvalue weighted by atomic mass is 19.1. The van der Waals surface area contributed by atoms with E-state index in [9.17, 15) is 9.18 Å². The molecule has 1 saturated heterocycles. The molecule has 2 heterocycles. The molecule has 5 nitrogen and oxygen atoms in total. The zero-order chi connectivity index (χ0) is 16.5. The molecule has 6 heteroatoms. The fraction of sp³-hybridized carbons (Fsp3) is 0.389. The second kappa shape index (κ2) is 6.19. The first-order valence-electron chi connectivity index (χ1n) is 8.33. The Balaban J connectivity index is 1.52. The molecule has 2 fully saturated rings. The molecular formula is C18H19FN4O. The molecular weight excluding hydrogens is 307 g/mol. The summed E-state index contributed by atoms with van der Waals surface area (Å²) >= 11 is 0.